The van der Waals surface area contributed by atoms with E-state index in [2.05, 4.69) is 52.0 Å². The molecule has 0 aliphatic heterocycles. The van der Waals surface area contributed by atoms with E-state index < -0.39 is 0 Å². The molecule has 2 radical (unpaired) electrons. The average molecular weight is 465 g/mol. The monoisotopic (exact) mass is 464 g/mol. The van der Waals surface area contributed by atoms with Crippen LogP contribution in [0, 0.1) is 6.92 Å². The highest BCUT2D eigenvalue weighted by Crippen LogP contribution is 2.25. The molecule has 0 fully saturated rings. The number of benzene rings is 1. The largest absolute Gasteiger partial charge is 0.117 e. The molecule has 0 aromatic heterocycles. The Morgan fingerprint density at radius 3 is 1.67 bits per heavy atom. The van der Waals surface area contributed by atoms with Crippen LogP contribution in [0.15, 0.2) is 40.6 Å². The SMILES string of the molecule is CCCCCCCCCCCCCCCCCCc1c(C)cccc1[Si]C1=C(C)C(C)=CC1. The standard InChI is InChI=1S/C32H52Si/c1-5-6-7-8-9-10-11-12-13-14-15-16-17-18-19-20-23-30-28(3)22-21-24-32(30)33-31-26-25-27(2)29(31)4/h21-22,24-25H,5-20,23,26H2,1-4H3. The van der Waals surface area contributed by atoms with Crippen molar-refractivity contribution in [1.29, 1.82) is 0 Å². The maximum absolute atomic E-state index is 2.41. The Hall–Kier alpha value is -1.08. The van der Waals surface area contributed by atoms with Crippen LogP contribution in [0.2, 0.25) is 0 Å². The van der Waals surface area contributed by atoms with Crippen LogP contribution in [0.5, 0.6) is 0 Å². The summed E-state index contributed by atoms with van der Waals surface area (Å²) in [5.74, 6) is 0. The molecule has 2 rings (SSSR count). The van der Waals surface area contributed by atoms with E-state index in [-0.39, 0.29) is 0 Å². The van der Waals surface area contributed by atoms with E-state index >= 15 is 0 Å². The van der Waals surface area contributed by atoms with Crippen LogP contribution in [0.4, 0.5) is 0 Å². The molecule has 1 heteroatoms. The highest BCUT2D eigenvalue weighted by molar-refractivity contribution is 6.62. The van der Waals surface area contributed by atoms with Gasteiger partial charge in [0.25, 0.3) is 0 Å². The van der Waals surface area contributed by atoms with Crippen LogP contribution >= 0.6 is 0 Å². The van der Waals surface area contributed by atoms with Crippen molar-refractivity contribution >= 4 is 14.7 Å². The number of allylic oxidation sites excluding steroid dienone is 4. The minimum absolute atomic E-state index is 0.858. The average Bonchev–Trinajstić information content (AvgIpc) is 3.12. The number of unbranched alkanes of at least 4 members (excludes halogenated alkanes) is 15. The Morgan fingerprint density at radius 1 is 0.667 bits per heavy atom. The van der Waals surface area contributed by atoms with Crippen molar-refractivity contribution in [2.75, 3.05) is 0 Å². The second kappa shape index (κ2) is 17.4. The Kier molecular flexibility index (Phi) is 14.8. The zero-order valence-corrected chi connectivity index (χ0v) is 23.5. The molecule has 1 aliphatic rings. The summed E-state index contributed by atoms with van der Waals surface area (Å²) in [6.07, 6.45) is 27.9. The van der Waals surface area contributed by atoms with Gasteiger partial charge in [-0.25, -0.2) is 0 Å². The first-order valence-corrected chi connectivity index (χ1v) is 15.4. The highest BCUT2D eigenvalue weighted by Gasteiger charge is 2.14. The molecule has 0 N–H and O–H groups in total. The van der Waals surface area contributed by atoms with Crippen molar-refractivity contribution in [3.05, 3.63) is 51.7 Å². The fourth-order valence-corrected chi connectivity index (χ4v) is 6.67. The van der Waals surface area contributed by atoms with Crippen LogP contribution in [-0.4, -0.2) is 9.52 Å². The number of rotatable bonds is 19. The van der Waals surface area contributed by atoms with E-state index in [9.17, 15) is 0 Å². The van der Waals surface area contributed by atoms with E-state index in [0.717, 1.165) is 9.52 Å². The van der Waals surface area contributed by atoms with Gasteiger partial charge in [-0.2, -0.15) is 0 Å². The molecular formula is C32H52Si. The summed E-state index contributed by atoms with van der Waals surface area (Å²) < 4.78 is 0. The van der Waals surface area contributed by atoms with Gasteiger partial charge < -0.3 is 0 Å². The Labute approximate surface area is 209 Å². The molecule has 1 aromatic carbocycles. The summed E-state index contributed by atoms with van der Waals surface area (Å²) in [5.41, 5.74) is 6.18. The van der Waals surface area contributed by atoms with Crippen molar-refractivity contribution in [2.24, 2.45) is 0 Å². The lowest BCUT2D eigenvalue weighted by Crippen LogP contribution is -2.22. The van der Waals surface area contributed by atoms with Crippen molar-refractivity contribution in [3.63, 3.8) is 0 Å². The van der Waals surface area contributed by atoms with Crippen LogP contribution < -0.4 is 5.19 Å². The van der Waals surface area contributed by atoms with E-state index in [1.54, 1.807) is 21.5 Å². The maximum atomic E-state index is 2.41. The Morgan fingerprint density at radius 2 is 1.18 bits per heavy atom. The van der Waals surface area contributed by atoms with Gasteiger partial charge in [0.1, 0.15) is 9.52 Å². The molecule has 184 valence electrons. The van der Waals surface area contributed by atoms with Crippen LogP contribution in [0.3, 0.4) is 0 Å². The van der Waals surface area contributed by atoms with Gasteiger partial charge >= 0.3 is 0 Å². The summed E-state index contributed by atoms with van der Waals surface area (Å²) in [7, 11) is 0.858. The molecule has 0 heterocycles. The lowest BCUT2D eigenvalue weighted by atomic mass is 10.0. The van der Waals surface area contributed by atoms with Gasteiger partial charge in [-0.3, -0.25) is 0 Å². The van der Waals surface area contributed by atoms with E-state index in [1.807, 2.05) is 0 Å². The fourth-order valence-electron chi connectivity index (χ4n) is 5.11. The molecule has 0 unspecified atom stereocenters. The minimum Gasteiger partial charge on any atom is -0.0777 e. The minimum atomic E-state index is 0.858. The van der Waals surface area contributed by atoms with Crippen molar-refractivity contribution in [2.45, 2.75) is 143 Å². The third-order valence-corrected chi connectivity index (χ3v) is 9.25. The summed E-state index contributed by atoms with van der Waals surface area (Å²) in [4.78, 5) is 0. The predicted molar refractivity (Wildman–Crippen MR) is 151 cm³/mol. The molecule has 33 heavy (non-hydrogen) atoms. The van der Waals surface area contributed by atoms with E-state index in [1.165, 1.54) is 127 Å². The zero-order valence-electron chi connectivity index (χ0n) is 22.5. The third kappa shape index (κ3) is 11.3. The quantitative estimate of drug-likeness (QED) is 0.141. The van der Waals surface area contributed by atoms with Gasteiger partial charge in [-0.1, -0.05) is 149 Å². The number of hydrogen-bond acceptors (Lipinski definition) is 0. The van der Waals surface area contributed by atoms with Gasteiger partial charge in [0.2, 0.25) is 0 Å². The molecule has 0 bridgehead atoms. The molecule has 0 amide bonds. The summed E-state index contributed by atoms with van der Waals surface area (Å²) in [5, 5.41) is 3.26. The molecule has 0 saturated heterocycles. The molecule has 1 aromatic rings. The first-order chi connectivity index (χ1) is 16.1. The molecule has 0 nitrogen and oxygen atoms in total. The first-order valence-electron chi connectivity index (χ1n) is 14.4. The lowest BCUT2D eigenvalue weighted by Gasteiger charge is -2.14. The fraction of sp³-hybridized carbons (Fsp3) is 0.688. The summed E-state index contributed by atoms with van der Waals surface area (Å²) in [6, 6.07) is 6.97. The van der Waals surface area contributed by atoms with Gasteiger partial charge in [0.15, 0.2) is 0 Å². The van der Waals surface area contributed by atoms with Gasteiger partial charge in [-0.05, 0) is 51.2 Å². The number of aryl methyl sites for hydroxylation is 1. The smallest absolute Gasteiger partial charge is 0.0777 e. The molecule has 1 aliphatic carbocycles. The van der Waals surface area contributed by atoms with Crippen LogP contribution in [-0.2, 0) is 6.42 Å². The van der Waals surface area contributed by atoms with Gasteiger partial charge in [-0.15, -0.1) is 0 Å². The first kappa shape index (κ1) is 28.2. The maximum Gasteiger partial charge on any atom is 0.117 e. The number of hydrogen-bond donors (Lipinski definition) is 0. The van der Waals surface area contributed by atoms with E-state index in [0.29, 0.717) is 0 Å². The Balaban J connectivity index is 1.50. The lowest BCUT2D eigenvalue weighted by molar-refractivity contribution is 0.529. The molecule has 0 saturated carbocycles. The zero-order chi connectivity index (χ0) is 23.7. The summed E-state index contributed by atoms with van der Waals surface area (Å²) >= 11 is 0. The van der Waals surface area contributed by atoms with E-state index in [4.69, 9.17) is 0 Å². The van der Waals surface area contributed by atoms with Gasteiger partial charge in [0, 0.05) is 0 Å². The van der Waals surface area contributed by atoms with Crippen LogP contribution in [0.25, 0.3) is 0 Å². The normalized spacial score (nSPS) is 13.8. The molecular weight excluding hydrogens is 412 g/mol. The van der Waals surface area contributed by atoms with Gasteiger partial charge in [0.05, 0.1) is 0 Å². The van der Waals surface area contributed by atoms with Crippen molar-refractivity contribution in [3.8, 4) is 0 Å². The van der Waals surface area contributed by atoms with Crippen LogP contribution in [0.1, 0.15) is 141 Å². The second-order valence-electron chi connectivity index (χ2n) is 10.5. The van der Waals surface area contributed by atoms with Crippen molar-refractivity contribution in [1.82, 2.24) is 0 Å². The molecule has 0 spiro atoms. The van der Waals surface area contributed by atoms with Crippen molar-refractivity contribution < 1.29 is 0 Å². The highest BCUT2D eigenvalue weighted by atomic mass is 28.2. The second-order valence-corrected chi connectivity index (χ2v) is 11.9. The predicted octanol–water partition coefficient (Wildman–Crippen LogP) is 9.75. The third-order valence-electron chi connectivity index (χ3n) is 7.63. The summed E-state index contributed by atoms with van der Waals surface area (Å²) in [6.45, 7) is 9.19. The Bertz CT molecular complexity index is 724. The molecule has 0 atom stereocenters. The topological polar surface area (TPSA) is 0 Å².